The van der Waals surface area contributed by atoms with Gasteiger partial charge in [0.15, 0.2) is 11.5 Å². The number of hydrogen-bond acceptors (Lipinski definition) is 4. The number of amides is 1. The van der Waals surface area contributed by atoms with E-state index in [2.05, 4.69) is 5.32 Å². The predicted octanol–water partition coefficient (Wildman–Crippen LogP) is 1.63. The number of thiocarbonyl (C=S) groups is 1. The minimum Gasteiger partial charge on any atom is -0.493 e. The Labute approximate surface area is 124 Å². The minimum atomic E-state index is -0.869. The van der Waals surface area contributed by atoms with E-state index in [-0.39, 0.29) is 10.9 Å². The normalized spacial score (nSPS) is 10.8. The van der Waals surface area contributed by atoms with Crippen molar-refractivity contribution >= 4 is 23.1 Å². The molecule has 5 nitrogen and oxygen atoms in total. The molecule has 0 aliphatic rings. The molecule has 0 heterocycles. The van der Waals surface area contributed by atoms with Crippen molar-refractivity contribution in [3.8, 4) is 11.5 Å². The van der Waals surface area contributed by atoms with Crippen LogP contribution in [0.4, 0.5) is 0 Å². The molecule has 3 N–H and O–H groups in total. The molecule has 0 aromatic heterocycles. The lowest BCUT2D eigenvalue weighted by Gasteiger charge is -2.22. The fourth-order valence-corrected chi connectivity index (χ4v) is 1.60. The highest BCUT2D eigenvalue weighted by Gasteiger charge is 2.30. The Morgan fingerprint density at radius 1 is 1.30 bits per heavy atom. The lowest BCUT2D eigenvalue weighted by Crippen LogP contribution is -2.44. The molecule has 110 valence electrons. The zero-order valence-electron chi connectivity index (χ0n) is 12.1. The van der Waals surface area contributed by atoms with Gasteiger partial charge in [0, 0.05) is 6.54 Å². The van der Waals surface area contributed by atoms with Crippen LogP contribution in [-0.2, 0) is 11.3 Å². The van der Waals surface area contributed by atoms with Gasteiger partial charge in [0.2, 0.25) is 5.91 Å². The summed E-state index contributed by atoms with van der Waals surface area (Å²) in [6.07, 6.45) is 0. The van der Waals surface area contributed by atoms with Crippen LogP contribution in [0.2, 0.25) is 0 Å². The number of carbonyl (C=O) groups excluding carboxylic acids is 1. The van der Waals surface area contributed by atoms with E-state index in [1.807, 2.05) is 12.1 Å². The van der Waals surface area contributed by atoms with Crippen molar-refractivity contribution in [2.45, 2.75) is 20.4 Å². The van der Waals surface area contributed by atoms with Gasteiger partial charge in [0.05, 0.1) is 24.6 Å². The molecule has 0 spiro atoms. The van der Waals surface area contributed by atoms with Crippen LogP contribution in [0.15, 0.2) is 18.2 Å². The molecule has 0 saturated heterocycles. The highest BCUT2D eigenvalue weighted by Crippen LogP contribution is 2.27. The van der Waals surface area contributed by atoms with Crippen molar-refractivity contribution in [1.29, 1.82) is 0 Å². The van der Waals surface area contributed by atoms with Crippen molar-refractivity contribution in [3.63, 3.8) is 0 Å². The quantitative estimate of drug-likeness (QED) is 0.781. The van der Waals surface area contributed by atoms with Crippen LogP contribution in [-0.4, -0.2) is 25.1 Å². The zero-order chi connectivity index (χ0) is 15.3. The molecular weight excluding hydrogens is 276 g/mol. The summed E-state index contributed by atoms with van der Waals surface area (Å²) >= 11 is 4.89. The lowest BCUT2D eigenvalue weighted by molar-refractivity contribution is -0.126. The fourth-order valence-electron chi connectivity index (χ4n) is 1.51. The summed E-state index contributed by atoms with van der Waals surface area (Å²) in [7, 11) is 3.14. The molecular formula is C14H20N2O3S. The molecule has 0 bridgehead atoms. The van der Waals surface area contributed by atoms with E-state index in [4.69, 9.17) is 27.4 Å². The number of hydrogen-bond donors (Lipinski definition) is 2. The molecule has 0 fully saturated rings. The second-order valence-corrected chi connectivity index (χ2v) is 5.30. The van der Waals surface area contributed by atoms with E-state index in [1.54, 1.807) is 34.1 Å². The van der Waals surface area contributed by atoms with Gasteiger partial charge in [0.25, 0.3) is 0 Å². The average molecular weight is 296 g/mol. The lowest BCUT2D eigenvalue weighted by atomic mass is 9.92. The smallest absolute Gasteiger partial charge is 0.232 e. The molecule has 1 rings (SSSR count). The summed E-state index contributed by atoms with van der Waals surface area (Å²) in [5, 5.41) is 2.81. The van der Waals surface area contributed by atoms with E-state index in [0.29, 0.717) is 18.0 Å². The van der Waals surface area contributed by atoms with Gasteiger partial charge in [-0.25, -0.2) is 0 Å². The van der Waals surface area contributed by atoms with Crippen molar-refractivity contribution in [2.75, 3.05) is 14.2 Å². The van der Waals surface area contributed by atoms with Gasteiger partial charge in [-0.05, 0) is 31.5 Å². The average Bonchev–Trinajstić information content (AvgIpc) is 2.43. The van der Waals surface area contributed by atoms with E-state index < -0.39 is 5.41 Å². The maximum absolute atomic E-state index is 12.0. The first kappa shape index (κ1) is 16.2. The number of ether oxygens (including phenoxy) is 2. The maximum atomic E-state index is 12.0. The van der Waals surface area contributed by atoms with Crippen LogP contribution in [0.3, 0.4) is 0 Å². The number of nitrogens with one attached hydrogen (secondary N) is 1. The van der Waals surface area contributed by atoms with Crippen LogP contribution in [0.5, 0.6) is 11.5 Å². The molecule has 0 saturated carbocycles. The minimum absolute atomic E-state index is 0.169. The Bertz CT molecular complexity index is 515. The molecule has 0 aliphatic carbocycles. The predicted molar refractivity (Wildman–Crippen MR) is 82.0 cm³/mol. The first-order valence-corrected chi connectivity index (χ1v) is 6.53. The van der Waals surface area contributed by atoms with Gasteiger partial charge in [-0.3, -0.25) is 4.79 Å². The Hall–Kier alpha value is -1.82. The van der Waals surface area contributed by atoms with Crippen LogP contribution in [0, 0.1) is 5.41 Å². The first-order valence-electron chi connectivity index (χ1n) is 6.12. The van der Waals surface area contributed by atoms with E-state index in [9.17, 15) is 4.79 Å². The zero-order valence-corrected chi connectivity index (χ0v) is 13.0. The van der Waals surface area contributed by atoms with Crippen LogP contribution in [0.1, 0.15) is 19.4 Å². The topological polar surface area (TPSA) is 73.6 Å². The van der Waals surface area contributed by atoms with Crippen molar-refractivity contribution in [3.05, 3.63) is 23.8 Å². The SMILES string of the molecule is COc1ccc(CNC(=O)C(C)(C)C(N)=S)cc1OC. The standard InChI is InChI=1S/C14H20N2O3S/c1-14(2,12(15)20)13(17)16-8-9-5-6-10(18-3)11(7-9)19-4/h5-7H,8H2,1-4H3,(H2,15,20)(H,16,17). The summed E-state index contributed by atoms with van der Waals surface area (Å²) in [6.45, 7) is 3.75. The second-order valence-electron chi connectivity index (χ2n) is 4.86. The number of nitrogens with two attached hydrogens (primary N) is 1. The van der Waals surface area contributed by atoms with Gasteiger partial charge >= 0.3 is 0 Å². The highest BCUT2D eigenvalue weighted by molar-refractivity contribution is 7.80. The molecule has 1 amide bonds. The monoisotopic (exact) mass is 296 g/mol. The Kier molecular flexibility index (Phi) is 5.33. The summed E-state index contributed by atoms with van der Waals surface area (Å²) in [5.74, 6) is 1.05. The molecule has 0 radical (unpaired) electrons. The van der Waals surface area contributed by atoms with Gasteiger partial charge < -0.3 is 20.5 Å². The molecule has 0 aliphatic heterocycles. The van der Waals surface area contributed by atoms with Crippen LogP contribution < -0.4 is 20.5 Å². The summed E-state index contributed by atoms with van der Waals surface area (Å²) in [6, 6.07) is 5.46. The summed E-state index contributed by atoms with van der Waals surface area (Å²) in [4.78, 5) is 12.2. The van der Waals surface area contributed by atoms with Gasteiger partial charge in [0.1, 0.15) is 0 Å². The van der Waals surface area contributed by atoms with Gasteiger partial charge in [-0.1, -0.05) is 18.3 Å². The maximum Gasteiger partial charge on any atom is 0.232 e. The third-order valence-corrected chi connectivity index (χ3v) is 3.59. The first-order chi connectivity index (χ1) is 9.32. The second kappa shape index (κ2) is 6.56. The van der Waals surface area contributed by atoms with Crippen molar-refractivity contribution in [1.82, 2.24) is 5.32 Å². The van der Waals surface area contributed by atoms with Gasteiger partial charge in [-0.2, -0.15) is 0 Å². The number of benzene rings is 1. The van der Waals surface area contributed by atoms with Gasteiger partial charge in [-0.15, -0.1) is 0 Å². The Balaban J connectivity index is 2.76. The fraction of sp³-hybridized carbons (Fsp3) is 0.429. The van der Waals surface area contributed by atoms with Crippen molar-refractivity contribution in [2.24, 2.45) is 11.1 Å². The largest absolute Gasteiger partial charge is 0.493 e. The molecule has 0 atom stereocenters. The third kappa shape index (κ3) is 3.60. The molecule has 0 unspecified atom stereocenters. The van der Waals surface area contributed by atoms with Crippen LogP contribution >= 0.6 is 12.2 Å². The Morgan fingerprint density at radius 2 is 1.90 bits per heavy atom. The highest BCUT2D eigenvalue weighted by atomic mass is 32.1. The molecule has 6 heteroatoms. The number of rotatable bonds is 6. The van der Waals surface area contributed by atoms with E-state index >= 15 is 0 Å². The van der Waals surface area contributed by atoms with E-state index in [0.717, 1.165) is 5.56 Å². The number of methoxy groups -OCH3 is 2. The summed E-state index contributed by atoms with van der Waals surface area (Å²) < 4.78 is 10.4. The number of carbonyl (C=O) groups is 1. The third-order valence-electron chi connectivity index (χ3n) is 3.08. The molecule has 1 aromatic rings. The van der Waals surface area contributed by atoms with Crippen molar-refractivity contribution < 1.29 is 14.3 Å². The van der Waals surface area contributed by atoms with Crippen LogP contribution in [0.25, 0.3) is 0 Å². The summed E-state index contributed by atoms with van der Waals surface area (Å²) in [5.41, 5.74) is 5.59. The van der Waals surface area contributed by atoms with E-state index in [1.165, 1.54) is 0 Å². The Morgan fingerprint density at radius 3 is 2.40 bits per heavy atom. The molecule has 20 heavy (non-hydrogen) atoms. The molecule has 1 aromatic carbocycles.